The average molecular weight is 371 g/mol. The predicted molar refractivity (Wildman–Crippen MR) is 102 cm³/mol. The van der Waals surface area contributed by atoms with Gasteiger partial charge < -0.3 is 19.9 Å². The van der Waals surface area contributed by atoms with Crippen LogP contribution in [0.25, 0.3) is 0 Å². The van der Waals surface area contributed by atoms with Crippen molar-refractivity contribution in [1.29, 1.82) is 0 Å². The number of carbonyl (C=O) groups is 2. The van der Waals surface area contributed by atoms with Gasteiger partial charge in [-0.2, -0.15) is 0 Å². The fourth-order valence-corrected chi connectivity index (χ4v) is 2.91. The molecular weight excluding hydrogens is 346 g/mol. The third-order valence-electron chi connectivity index (χ3n) is 4.62. The zero-order valence-electron chi connectivity index (χ0n) is 16.0. The van der Waals surface area contributed by atoms with Crippen molar-refractivity contribution in [2.24, 2.45) is 0 Å². The number of carboxylic acids is 1. The Labute approximate surface area is 159 Å². The zero-order valence-corrected chi connectivity index (χ0v) is 16.0. The summed E-state index contributed by atoms with van der Waals surface area (Å²) >= 11 is 0. The first-order chi connectivity index (χ1) is 12.8. The molecule has 2 rings (SSSR count). The number of ether oxygens (including phenoxy) is 2. The first-order valence-corrected chi connectivity index (χ1v) is 8.61. The molecule has 1 amide bonds. The van der Waals surface area contributed by atoms with Crippen molar-refractivity contribution in [2.45, 2.75) is 31.7 Å². The van der Waals surface area contributed by atoms with E-state index in [1.54, 1.807) is 57.4 Å². The fourth-order valence-electron chi connectivity index (χ4n) is 2.91. The topological polar surface area (TPSA) is 84.9 Å². The summed E-state index contributed by atoms with van der Waals surface area (Å²) in [6, 6.07) is 14.3. The molecule has 0 bridgehead atoms. The highest BCUT2D eigenvalue weighted by atomic mass is 16.5. The second kappa shape index (κ2) is 8.58. The Bertz CT molecular complexity index is 802. The zero-order chi connectivity index (χ0) is 20.0. The van der Waals surface area contributed by atoms with Crippen LogP contribution in [0, 0.1) is 0 Å². The lowest BCUT2D eigenvalue weighted by molar-refractivity contribution is -0.139. The standard InChI is InChI=1S/C21H25NO5/c1-14(15-8-10-17(26-3)11-9-15)20(25)22-21(2,13-19(23)24)16-6-5-7-18(12-16)27-4/h5-12,14H,13H2,1-4H3,(H,22,25)(H,23,24). The van der Waals surface area contributed by atoms with E-state index >= 15 is 0 Å². The van der Waals surface area contributed by atoms with Gasteiger partial charge in [0.05, 0.1) is 32.1 Å². The van der Waals surface area contributed by atoms with Crippen molar-refractivity contribution in [3.63, 3.8) is 0 Å². The second-order valence-electron chi connectivity index (χ2n) is 6.62. The highest BCUT2D eigenvalue weighted by molar-refractivity contribution is 5.85. The van der Waals surface area contributed by atoms with Gasteiger partial charge in [-0.1, -0.05) is 24.3 Å². The molecule has 2 aromatic carbocycles. The van der Waals surface area contributed by atoms with E-state index in [4.69, 9.17) is 9.47 Å². The molecule has 2 unspecified atom stereocenters. The molecule has 0 aromatic heterocycles. The molecule has 2 N–H and O–H groups in total. The number of carbonyl (C=O) groups excluding carboxylic acids is 1. The van der Waals surface area contributed by atoms with Crippen LogP contribution in [0.15, 0.2) is 48.5 Å². The van der Waals surface area contributed by atoms with Gasteiger partial charge in [-0.15, -0.1) is 0 Å². The van der Waals surface area contributed by atoms with Crippen molar-refractivity contribution >= 4 is 11.9 Å². The van der Waals surface area contributed by atoms with E-state index in [0.29, 0.717) is 17.1 Å². The summed E-state index contributed by atoms with van der Waals surface area (Å²) in [5.74, 6) is -0.404. The van der Waals surface area contributed by atoms with Crippen molar-refractivity contribution in [1.82, 2.24) is 5.32 Å². The molecule has 0 aliphatic carbocycles. The van der Waals surface area contributed by atoms with Gasteiger partial charge in [-0.3, -0.25) is 9.59 Å². The van der Waals surface area contributed by atoms with E-state index in [1.807, 2.05) is 12.1 Å². The Hall–Kier alpha value is -3.02. The third-order valence-corrected chi connectivity index (χ3v) is 4.62. The number of benzene rings is 2. The number of hydrogen-bond donors (Lipinski definition) is 2. The van der Waals surface area contributed by atoms with Gasteiger partial charge in [0.25, 0.3) is 0 Å². The number of amides is 1. The molecule has 0 radical (unpaired) electrons. The molecule has 0 saturated carbocycles. The Morgan fingerprint density at radius 1 is 1.07 bits per heavy atom. The molecule has 0 aliphatic rings. The minimum atomic E-state index is -1.07. The van der Waals surface area contributed by atoms with Gasteiger partial charge in [-0.05, 0) is 49.2 Å². The fraction of sp³-hybridized carbons (Fsp3) is 0.333. The van der Waals surface area contributed by atoms with Crippen LogP contribution in [0.2, 0.25) is 0 Å². The average Bonchev–Trinajstić information content (AvgIpc) is 2.66. The normalized spacial score (nSPS) is 13.9. The quantitative estimate of drug-likeness (QED) is 0.744. The van der Waals surface area contributed by atoms with E-state index < -0.39 is 17.4 Å². The number of carboxylic acid groups (broad SMARTS) is 1. The maximum atomic E-state index is 12.9. The molecule has 144 valence electrons. The first kappa shape index (κ1) is 20.3. The Kier molecular flexibility index (Phi) is 6.45. The maximum Gasteiger partial charge on any atom is 0.306 e. The molecular formula is C21H25NO5. The lowest BCUT2D eigenvalue weighted by atomic mass is 9.87. The van der Waals surface area contributed by atoms with Crippen LogP contribution in [0.5, 0.6) is 11.5 Å². The SMILES string of the molecule is COc1ccc(C(C)C(=O)NC(C)(CC(=O)O)c2cccc(OC)c2)cc1. The van der Waals surface area contributed by atoms with Crippen LogP contribution >= 0.6 is 0 Å². The molecule has 0 aliphatic heterocycles. The number of rotatable bonds is 8. The van der Waals surface area contributed by atoms with Crippen molar-refractivity contribution < 1.29 is 24.2 Å². The van der Waals surface area contributed by atoms with Gasteiger partial charge in [0.1, 0.15) is 11.5 Å². The monoisotopic (exact) mass is 371 g/mol. The third kappa shape index (κ3) is 5.00. The predicted octanol–water partition coefficient (Wildman–Crippen LogP) is 3.31. The van der Waals surface area contributed by atoms with Crippen molar-refractivity contribution in [3.05, 3.63) is 59.7 Å². The summed E-state index contributed by atoms with van der Waals surface area (Å²) in [7, 11) is 3.12. The molecule has 27 heavy (non-hydrogen) atoms. The number of aliphatic carboxylic acids is 1. The largest absolute Gasteiger partial charge is 0.497 e. The molecule has 0 fully saturated rings. The molecule has 0 heterocycles. The summed E-state index contributed by atoms with van der Waals surface area (Å²) in [6.45, 7) is 3.48. The van der Waals surface area contributed by atoms with Crippen LogP contribution in [0.1, 0.15) is 37.3 Å². The minimum Gasteiger partial charge on any atom is -0.497 e. The van der Waals surface area contributed by atoms with Crippen LogP contribution < -0.4 is 14.8 Å². The lowest BCUT2D eigenvalue weighted by Crippen LogP contribution is -2.46. The Morgan fingerprint density at radius 3 is 2.26 bits per heavy atom. The molecule has 2 atom stereocenters. The Balaban J connectivity index is 2.28. The lowest BCUT2D eigenvalue weighted by Gasteiger charge is -2.31. The van der Waals surface area contributed by atoms with Gasteiger partial charge in [-0.25, -0.2) is 0 Å². The van der Waals surface area contributed by atoms with E-state index in [-0.39, 0.29) is 12.3 Å². The van der Waals surface area contributed by atoms with Gasteiger partial charge in [0, 0.05) is 0 Å². The van der Waals surface area contributed by atoms with Crippen molar-refractivity contribution in [3.8, 4) is 11.5 Å². The first-order valence-electron chi connectivity index (χ1n) is 8.61. The summed E-state index contributed by atoms with van der Waals surface area (Å²) < 4.78 is 10.4. The highest BCUT2D eigenvalue weighted by Gasteiger charge is 2.33. The van der Waals surface area contributed by atoms with Crippen LogP contribution in [0.3, 0.4) is 0 Å². The number of hydrogen-bond acceptors (Lipinski definition) is 4. The summed E-state index contributed by atoms with van der Waals surface area (Å²) in [4.78, 5) is 24.3. The highest BCUT2D eigenvalue weighted by Crippen LogP contribution is 2.29. The van der Waals surface area contributed by atoms with E-state index in [9.17, 15) is 14.7 Å². The van der Waals surface area contributed by atoms with Gasteiger partial charge in [0.15, 0.2) is 0 Å². The number of nitrogens with one attached hydrogen (secondary N) is 1. The number of methoxy groups -OCH3 is 2. The molecule has 0 saturated heterocycles. The maximum absolute atomic E-state index is 12.9. The van der Waals surface area contributed by atoms with Gasteiger partial charge >= 0.3 is 5.97 Å². The van der Waals surface area contributed by atoms with E-state index in [1.165, 1.54) is 7.11 Å². The molecule has 0 spiro atoms. The summed E-state index contributed by atoms with van der Waals surface area (Å²) in [6.07, 6.45) is -0.249. The van der Waals surface area contributed by atoms with Crippen LogP contribution in [0.4, 0.5) is 0 Å². The molecule has 6 heteroatoms. The van der Waals surface area contributed by atoms with E-state index in [2.05, 4.69) is 5.32 Å². The van der Waals surface area contributed by atoms with Crippen LogP contribution in [-0.4, -0.2) is 31.2 Å². The molecule has 2 aromatic rings. The van der Waals surface area contributed by atoms with Crippen molar-refractivity contribution in [2.75, 3.05) is 14.2 Å². The Morgan fingerprint density at radius 2 is 1.70 bits per heavy atom. The smallest absolute Gasteiger partial charge is 0.306 e. The van der Waals surface area contributed by atoms with Crippen LogP contribution in [-0.2, 0) is 15.1 Å². The molecule has 6 nitrogen and oxygen atoms in total. The van der Waals surface area contributed by atoms with Gasteiger partial charge in [0.2, 0.25) is 5.91 Å². The van der Waals surface area contributed by atoms with E-state index in [0.717, 1.165) is 5.56 Å². The second-order valence-corrected chi connectivity index (χ2v) is 6.62. The summed E-state index contributed by atoms with van der Waals surface area (Å²) in [5.41, 5.74) is 0.411. The summed E-state index contributed by atoms with van der Waals surface area (Å²) in [5, 5.41) is 12.3. The minimum absolute atomic E-state index is 0.249.